The van der Waals surface area contributed by atoms with Crippen molar-refractivity contribution < 1.29 is 9.53 Å². The Morgan fingerprint density at radius 3 is 2.63 bits per heavy atom. The molecule has 0 saturated heterocycles. The molecule has 1 fully saturated rings. The predicted molar refractivity (Wildman–Crippen MR) is 76.3 cm³/mol. The molecule has 0 bridgehead atoms. The van der Waals surface area contributed by atoms with E-state index in [1.54, 1.807) is 7.11 Å². The number of amides is 1. The minimum absolute atomic E-state index is 0.0563. The number of anilines is 1. The molecule has 0 atom stereocenters. The second kappa shape index (κ2) is 5.61. The summed E-state index contributed by atoms with van der Waals surface area (Å²) in [4.78, 5) is 12.5. The van der Waals surface area contributed by atoms with Crippen LogP contribution in [0, 0.1) is 12.3 Å². The van der Waals surface area contributed by atoms with Crippen molar-refractivity contribution in [2.45, 2.75) is 32.6 Å². The van der Waals surface area contributed by atoms with Crippen molar-refractivity contribution in [2.75, 3.05) is 19.0 Å². The molecule has 1 amide bonds. The summed E-state index contributed by atoms with van der Waals surface area (Å²) in [6, 6.07) is 5.65. The van der Waals surface area contributed by atoms with Gasteiger partial charge >= 0.3 is 0 Å². The zero-order chi connectivity index (χ0) is 13.9. The number of ether oxygens (including phenoxy) is 1. The molecule has 104 valence electrons. The molecule has 0 aromatic heterocycles. The summed E-state index contributed by atoms with van der Waals surface area (Å²) in [6.45, 7) is 2.38. The number of carbonyl (C=O) groups excluding carboxylic acids is 1. The van der Waals surface area contributed by atoms with Gasteiger partial charge in [0, 0.05) is 12.2 Å². The first-order chi connectivity index (χ1) is 9.11. The third kappa shape index (κ3) is 2.73. The molecule has 1 aromatic carbocycles. The molecule has 0 spiro atoms. The summed E-state index contributed by atoms with van der Waals surface area (Å²) in [5.41, 5.74) is 7.29. The van der Waals surface area contributed by atoms with Crippen LogP contribution in [0.2, 0.25) is 0 Å². The van der Waals surface area contributed by atoms with E-state index in [1.807, 2.05) is 25.1 Å². The van der Waals surface area contributed by atoms with Crippen LogP contribution in [0.5, 0.6) is 5.75 Å². The maximum Gasteiger partial charge on any atom is 0.231 e. The molecule has 1 aliphatic rings. The molecule has 1 saturated carbocycles. The zero-order valence-corrected chi connectivity index (χ0v) is 11.7. The van der Waals surface area contributed by atoms with Crippen LogP contribution in [0.1, 0.15) is 31.2 Å². The molecule has 0 heterocycles. The van der Waals surface area contributed by atoms with E-state index in [-0.39, 0.29) is 11.3 Å². The molecule has 19 heavy (non-hydrogen) atoms. The van der Waals surface area contributed by atoms with Gasteiger partial charge in [0.05, 0.1) is 12.5 Å². The Labute approximate surface area is 114 Å². The van der Waals surface area contributed by atoms with E-state index in [1.165, 1.54) is 0 Å². The van der Waals surface area contributed by atoms with Gasteiger partial charge in [0.1, 0.15) is 5.75 Å². The van der Waals surface area contributed by atoms with Crippen molar-refractivity contribution in [1.82, 2.24) is 0 Å². The van der Waals surface area contributed by atoms with Crippen LogP contribution in [-0.4, -0.2) is 19.6 Å². The summed E-state index contributed by atoms with van der Waals surface area (Å²) in [6.07, 6.45) is 3.97. The first-order valence-electron chi connectivity index (χ1n) is 6.77. The number of benzene rings is 1. The Morgan fingerprint density at radius 1 is 1.42 bits per heavy atom. The normalized spacial score (nSPS) is 17.2. The van der Waals surface area contributed by atoms with Gasteiger partial charge in [-0.15, -0.1) is 0 Å². The second-order valence-corrected chi connectivity index (χ2v) is 5.33. The van der Waals surface area contributed by atoms with Gasteiger partial charge in [-0.25, -0.2) is 0 Å². The molecular weight excluding hydrogens is 240 g/mol. The Bertz CT molecular complexity index is 465. The van der Waals surface area contributed by atoms with Crippen LogP contribution >= 0.6 is 0 Å². The zero-order valence-electron chi connectivity index (χ0n) is 11.7. The van der Waals surface area contributed by atoms with Gasteiger partial charge in [-0.05, 0) is 43.5 Å². The van der Waals surface area contributed by atoms with Crippen LogP contribution in [0.15, 0.2) is 18.2 Å². The van der Waals surface area contributed by atoms with Crippen LogP contribution in [0.3, 0.4) is 0 Å². The molecule has 0 radical (unpaired) electrons. The van der Waals surface area contributed by atoms with E-state index in [0.29, 0.717) is 6.54 Å². The van der Waals surface area contributed by atoms with E-state index in [9.17, 15) is 4.79 Å². The highest BCUT2D eigenvalue weighted by Gasteiger charge is 2.39. The Balaban J connectivity index is 2.14. The third-order valence-electron chi connectivity index (χ3n) is 4.11. The van der Waals surface area contributed by atoms with Crippen molar-refractivity contribution in [3.05, 3.63) is 23.8 Å². The molecule has 0 unspecified atom stereocenters. The highest BCUT2D eigenvalue weighted by molar-refractivity contribution is 5.96. The fourth-order valence-corrected chi connectivity index (χ4v) is 2.73. The fraction of sp³-hybridized carbons (Fsp3) is 0.533. The smallest absolute Gasteiger partial charge is 0.231 e. The van der Waals surface area contributed by atoms with Crippen molar-refractivity contribution in [2.24, 2.45) is 11.1 Å². The van der Waals surface area contributed by atoms with Crippen LogP contribution in [0.4, 0.5) is 5.69 Å². The van der Waals surface area contributed by atoms with E-state index in [0.717, 1.165) is 42.7 Å². The summed E-state index contributed by atoms with van der Waals surface area (Å²) < 4.78 is 5.16. The summed E-state index contributed by atoms with van der Waals surface area (Å²) in [7, 11) is 1.63. The number of carbonyl (C=O) groups is 1. The van der Waals surface area contributed by atoms with Gasteiger partial charge in [0.2, 0.25) is 5.91 Å². The first-order valence-corrected chi connectivity index (χ1v) is 6.77. The topological polar surface area (TPSA) is 64.3 Å². The molecular formula is C15H22N2O2. The highest BCUT2D eigenvalue weighted by Crippen LogP contribution is 2.38. The lowest BCUT2D eigenvalue weighted by Crippen LogP contribution is -2.40. The monoisotopic (exact) mass is 262 g/mol. The van der Waals surface area contributed by atoms with Gasteiger partial charge in [0.15, 0.2) is 0 Å². The van der Waals surface area contributed by atoms with E-state index < -0.39 is 0 Å². The van der Waals surface area contributed by atoms with Crippen molar-refractivity contribution in [1.29, 1.82) is 0 Å². The number of nitrogens with two attached hydrogens (primary N) is 1. The highest BCUT2D eigenvalue weighted by atomic mass is 16.5. The quantitative estimate of drug-likeness (QED) is 0.876. The number of aryl methyl sites for hydroxylation is 1. The van der Waals surface area contributed by atoms with Gasteiger partial charge in [0.25, 0.3) is 0 Å². The van der Waals surface area contributed by atoms with Crippen molar-refractivity contribution in [3.8, 4) is 5.75 Å². The molecule has 3 N–H and O–H groups in total. The Hall–Kier alpha value is -1.55. The fourth-order valence-electron chi connectivity index (χ4n) is 2.73. The molecule has 1 aromatic rings. The number of hydrogen-bond donors (Lipinski definition) is 2. The maximum atomic E-state index is 12.5. The minimum Gasteiger partial charge on any atom is -0.497 e. The molecule has 4 heteroatoms. The van der Waals surface area contributed by atoms with Crippen molar-refractivity contribution in [3.63, 3.8) is 0 Å². The van der Waals surface area contributed by atoms with Crippen LogP contribution in [0.25, 0.3) is 0 Å². The number of hydrogen-bond acceptors (Lipinski definition) is 3. The van der Waals surface area contributed by atoms with Gasteiger partial charge in [-0.1, -0.05) is 12.8 Å². The lowest BCUT2D eigenvalue weighted by atomic mass is 9.85. The lowest BCUT2D eigenvalue weighted by Gasteiger charge is -2.26. The summed E-state index contributed by atoms with van der Waals surface area (Å²) in [5.74, 6) is 0.852. The van der Waals surface area contributed by atoms with Gasteiger partial charge < -0.3 is 15.8 Å². The van der Waals surface area contributed by atoms with Gasteiger partial charge in [-0.3, -0.25) is 4.79 Å². The number of methoxy groups -OCH3 is 1. The standard InChI is InChI=1S/C15H22N2O2/c1-11-9-12(19-2)5-6-13(11)17-14(18)15(10-16)7-3-4-8-15/h5-6,9H,3-4,7-8,10,16H2,1-2H3,(H,17,18). The maximum absolute atomic E-state index is 12.5. The van der Waals surface area contributed by atoms with E-state index in [2.05, 4.69) is 5.32 Å². The average Bonchev–Trinajstić information content (AvgIpc) is 2.91. The number of nitrogens with one attached hydrogen (secondary N) is 1. The SMILES string of the molecule is COc1ccc(NC(=O)C2(CN)CCCC2)c(C)c1. The Kier molecular flexibility index (Phi) is 4.10. The second-order valence-electron chi connectivity index (χ2n) is 5.33. The molecule has 0 aliphatic heterocycles. The van der Waals surface area contributed by atoms with E-state index >= 15 is 0 Å². The van der Waals surface area contributed by atoms with Crippen LogP contribution in [-0.2, 0) is 4.79 Å². The lowest BCUT2D eigenvalue weighted by molar-refractivity contribution is -0.124. The van der Waals surface area contributed by atoms with Crippen molar-refractivity contribution >= 4 is 11.6 Å². The van der Waals surface area contributed by atoms with E-state index in [4.69, 9.17) is 10.5 Å². The first kappa shape index (κ1) is 13.9. The predicted octanol–water partition coefficient (Wildman–Crippen LogP) is 2.46. The molecule has 4 nitrogen and oxygen atoms in total. The Morgan fingerprint density at radius 2 is 2.11 bits per heavy atom. The summed E-state index contributed by atoms with van der Waals surface area (Å²) >= 11 is 0. The molecule has 2 rings (SSSR count). The largest absolute Gasteiger partial charge is 0.497 e. The van der Waals surface area contributed by atoms with Gasteiger partial charge in [-0.2, -0.15) is 0 Å². The average molecular weight is 262 g/mol. The number of rotatable bonds is 4. The van der Waals surface area contributed by atoms with Crippen LogP contribution < -0.4 is 15.8 Å². The minimum atomic E-state index is -0.369. The third-order valence-corrected chi connectivity index (χ3v) is 4.11. The summed E-state index contributed by atoms with van der Waals surface area (Å²) in [5, 5.41) is 3.02. The molecule has 1 aliphatic carbocycles.